The molecule has 102 valence electrons. The van der Waals surface area contributed by atoms with Gasteiger partial charge >= 0.3 is 0 Å². The van der Waals surface area contributed by atoms with Crippen molar-refractivity contribution in [1.82, 2.24) is 5.32 Å². The highest BCUT2D eigenvalue weighted by molar-refractivity contribution is 7.08. The number of aryl methyl sites for hydroxylation is 1. The lowest BCUT2D eigenvalue weighted by atomic mass is 9.97. The summed E-state index contributed by atoms with van der Waals surface area (Å²) in [6.07, 6.45) is 0. The molecule has 2 nitrogen and oxygen atoms in total. The SMILES string of the molecule is CCNC(c1cscc1C)c1cc(Cl)ccc1OC. The lowest BCUT2D eigenvalue weighted by Gasteiger charge is -2.21. The summed E-state index contributed by atoms with van der Waals surface area (Å²) in [5.74, 6) is 0.862. The van der Waals surface area contributed by atoms with Crippen molar-refractivity contribution in [3.8, 4) is 5.75 Å². The molecule has 0 spiro atoms. The van der Waals surface area contributed by atoms with E-state index in [2.05, 4.69) is 29.9 Å². The Bertz CT molecular complexity index is 553. The smallest absolute Gasteiger partial charge is 0.124 e. The van der Waals surface area contributed by atoms with Crippen LogP contribution in [-0.2, 0) is 0 Å². The number of halogens is 1. The third kappa shape index (κ3) is 3.11. The number of nitrogens with one attached hydrogen (secondary N) is 1. The van der Waals surface area contributed by atoms with Crippen molar-refractivity contribution in [2.75, 3.05) is 13.7 Å². The van der Waals surface area contributed by atoms with Crippen LogP contribution in [0.2, 0.25) is 5.02 Å². The molecule has 1 heterocycles. The van der Waals surface area contributed by atoms with Crippen molar-refractivity contribution in [3.05, 3.63) is 50.7 Å². The minimum atomic E-state index is 0.116. The van der Waals surface area contributed by atoms with E-state index >= 15 is 0 Å². The first-order valence-corrected chi connectivity index (χ1v) is 7.59. The molecule has 19 heavy (non-hydrogen) atoms. The number of benzene rings is 1. The predicted molar refractivity (Wildman–Crippen MR) is 82.6 cm³/mol. The molecule has 0 aliphatic heterocycles. The Morgan fingerprint density at radius 2 is 2.11 bits per heavy atom. The summed E-state index contributed by atoms with van der Waals surface area (Å²) in [4.78, 5) is 0. The molecular weight excluding hydrogens is 278 g/mol. The van der Waals surface area contributed by atoms with Gasteiger partial charge in [0, 0.05) is 10.6 Å². The molecule has 0 bridgehead atoms. The van der Waals surface area contributed by atoms with Gasteiger partial charge < -0.3 is 10.1 Å². The fourth-order valence-corrected chi connectivity index (χ4v) is 3.25. The standard InChI is InChI=1S/C15H18ClNOS/c1-4-17-15(13-9-19-8-10(13)2)12-7-11(16)5-6-14(12)18-3/h5-9,15,17H,4H2,1-3H3. The third-order valence-corrected chi connectivity index (χ3v) is 4.23. The Labute approximate surface area is 123 Å². The highest BCUT2D eigenvalue weighted by atomic mass is 35.5. The molecule has 0 saturated heterocycles. The highest BCUT2D eigenvalue weighted by Gasteiger charge is 2.20. The zero-order valence-corrected chi connectivity index (χ0v) is 12.9. The van der Waals surface area contributed by atoms with Crippen molar-refractivity contribution < 1.29 is 4.74 Å². The molecule has 1 unspecified atom stereocenters. The summed E-state index contributed by atoms with van der Waals surface area (Å²) in [5, 5.41) is 8.59. The maximum absolute atomic E-state index is 6.14. The number of hydrogen-bond acceptors (Lipinski definition) is 3. The molecule has 0 radical (unpaired) electrons. The molecule has 2 rings (SSSR count). The second-order valence-electron chi connectivity index (χ2n) is 4.39. The maximum atomic E-state index is 6.14. The molecule has 0 fully saturated rings. The number of hydrogen-bond donors (Lipinski definition) is 1. The zero-order chi connectivity index (χ0) is 13.8. The Hall–Kier alpha value is -1.03. The minimum Gasteiger partial charge on any atom is -0.496 e. The summed E-state index contributed by atoms with van der Waals surface area (Å²) in [6.45, 7) is 5.12. The van der Waals surface area contributed by atoms with Gasteiger partial charge in [-0.15, -0.1) is 0 Å². The van der Waals surface area contributed by atoms with Gasteiger partial charge in [-0.25, -0.2) is 0 Å². The molecule has 4 heteroatoms. The van der Waals surface area contributed by atoms with Crippen molar-refractivity contribution in [1.29, 1.82) is 0 Å². The van der Waals surface area contributed by atoms with Gasteiger partial charge in [0.1, 0.15) is 5.75 Å². The topological polar surface area (TPSA) is 21.3 Å². The third-order valence-electron chi connectivity index (χ3n) is 3.12. The fraction of sp³-hybridized carbons (Fsp3) is 0.333. The fourth-order valence-electron chi connectivity index (χ4n) is 2.19. The predicted octanol–water partition coefficient (Wildman–Crippen LogP) is 4.42. The van der Waals surface area contributed by atoms with E-state index in [-0.39, 0.29) is 6.04 Å². The van der Waals surface area contributed by atoms with Crippen LogP contribution in [0.15, 0.2) is 29.0 Å². The molecule has 1 atom stereocenters. The normalized spacial score (nSPS) is 12.4. The van der Waals surface area contributed by atoms with Gasteiger partial charge in [-0.2, -0.15) is 11.3 Å². The van der Waals surface area contributed by atoms with Gasteiger partial charge in [0.15, 0.2) is 0 Å². The van der Waals surface area contributed by atoms with Gasteiger partial charge in [0.05, 0.1) is 13.2 Å². The van der Waals surface area contributed by atoms with E-state index in [0.29, 0.717) is 0 Å². The Morgan fingerprint density at radius 3 is 2.68 bits per heavy atom. The van der Waals surface area contributed by atoms with Gasteiger partial charge in [-0.1, -0.05) is 18.5 Å². The average molecular weight is 296 g/mol. The first-order chi connectivity index (χ1) is 9.17. The summed E-state index contributed by atoms with van der Waals surface area (Å²) in [6, 6.07) is 5.87. The van der Waals surface area contributed by atoms with E-state index < -0.39 is 0 Å². The molecular formula is C15H18ClNOS. The quantitative estimate of drug-likeness (QED) is 0.882. The summed E-state index contributed by atoms with van der Waals surface area (Å²) < 4.78 is 5.47. The van der Waals surface area contributed by atoms with Gasteiger partial charge in [-0.05, 0) is 53.6 Å². The van der Waals surface area contributed by atoms with Crippen molar-refractivity contribution in [2.24, 2.45) is 0 Å². The second-order valence-corrected chi connectivity index (χ2v) is 5.57. The zero-order valence-electron chi connectivity index (χ0n) is 11.4. The summed E-state index contributed by atoms with van der Waals surface area (Å²) in [5.41, 5.74) is 3.66. The van der Waals surface area contributed by atoms with E-state index in [1.54, 1.807) is 18.4 Å². The highest BCUT2D eigenvalue weighted by Crippen LogP contribution is 2.34. The largest absolute Gasteiger partial charge is 0.496 e. The molecule has 1 aromatic heterocycles. The summed E-state index contributed by atoms with van der Waals surface area (Å²) in [7, 11) is 1.69. The van der Waals surface area contributed by atoms with Crippen LogP contribution in [0, 0.1) is 6.92 Å². The Morgan fingerprint density at radius 1 is 1.32 bits per heavy atom. The molecule has 0 aliphatic rings. The second kappa shape index (κ2) is 6.42. The van der Waals surface area contributed by atoms with Crippen LogP contribution in [0.5, 0.6) is 5.75 Å². The van der Waals surface area contributed by atoms with Crippen LogP contribution >= 0.6 is 22.9 Å². The molecule has 1 N–H and O–H groups in total. The van der Waals surface area contributed by atoms with Crippen LogP contribution in [0.4, 0.5) is 0 Å². The summed E-state index contributed by atoms with van der Waals surface area (Å²) >= 11 is 7.86. The molecule has 2 aromatic rings. The van der Waals surface area contributed by atoms with Crippen LogP contribution < -0.4 is 10.1 Å². The molecule has 1 aromatic carbocycles. The van der Waals surface area contributed by atoms with E-state index in [1.807, 2.05) is 18.2 Å². The van der Waals surface area contributed by atoms with E-state index in [4.69, 9.17) is 16.3 Å². The monoisotopic (exact) mass is 295 g/mol. The lowest BCUT2D eigenvalue weighted by molar-refractivity contribution is 0.404. The Balaban J connectivity index is 2.50. The van der Waals surface area contributed by atoms with E-state index in [9.17, 15) is 0 Å². The lowest BCUT2D eigenvalue weighted by Crippen LogP contribution is -2.22. The van der Waals surface area contributed by atoms with Crippen molar-refractivity contribution >= 4 is 22.9 Å². The van der Waals surface area contributed by atoms with Crippen LogP contribution in [0.3, 0.4) is 0 Å². The first-order valence-electron chi connectivity index (χ1n) is 6.26. The van der Waals surface area contributed by atoms with Crippen molar-refractivity contribution in [3.63, 3.8) is 0 Å². The van der Waals surface area contributed by atoms with E-state index in [1.165, 1.54) is 11.1 Å². The molecule has 0 aliphatic carbocycles. The van der Waals surface area contributed by atoms with Crippen LogP contribution in [0.1, 0.15) is 29.7 Å². The minimum absolute atomic E-state index is 0.116. The number of ether oxygens (including phenoxy) is 1. The first kappa shape index (κ1) is 14.4. The molecule has 0 amide bonds. The van der Waals surface area contributed by atoms with Gasteiger partial charge in [0.25, 0.3) is 0 Å². The number of thiophene rings is 1. The van der Waals surface area contributed by atoms with Crippen LogP contribution in [0.25, 0.3) is 0 Å². The van der Waals surface area contributed by atoms with Gasteiger partial charge in [-0.3, -0.25) is 0 Å². The number of methoxy groups -OCH3 is 1. The molecule has 0 saturated carbocycles. The van der Waals surface area contributed by atoms with Crippen molar-refractivity contribution in [2.45, 2.75) is 19.9 Å². The Kier molecular flexibility index (Phi) is 4.86. The van der Waals surface area contributed by atoms with Crippen LogP contribution in [-0.4, -0.2) is 13.7 Å². The maximum Gasteiger partial charge on any atom is 0.124 e. The number of rotatable bonds is 5. The average Bonchev–Trinajstić information content (AvgIpc) is 2.82. The van der Waals surface area contributed by atoms with E-state index in [0.717, 1.165) is 22.9 Å². The van der Waals surface area contributed by atoms with Gasteiger partial charge in [0.2, 0.25) is 0 Å².